The zero-order valence-electron chi connectivity index (χ0n) is 11.2. The second-order valence-electron chi connectivity index (χ2n) is 4.81. The molecule has 0 radical (unpaired) electrons. The van der Waals surface area contributed by atoms with Gasteiger partial charge in [0.05, 0.1) is 12.7 Å². The summed E-state index contributed by atoms with van der Waals surface area (Å²) in [7, 11) is 0. The fraction of sp³-hybridized carbons (Fsp3) is 0.500. The average Bonchev–Trinajstić information content (AvgIpc) is 2.35. The Morgan fingerprint density at radius 2 is 2.16 bits per heavy atom. The predicted octanol–water partition coefficient (Wildman–Crippen LogP) is 2.21. The van der Waals surface area contributed by atoms with E-state index in [1.54, 1.807) is 18.2 Å². The van der Waals surface area contributed by atoms with E-state index in [1.807, 2.05) is 19.9 Å². The topological polar surface area (TPSA) is 58.6 Å². The van der Waals surface area contributed by atoms with Gasteiger partial charge < -0.3 is 15.2 Å². The molecule has 5 heteroatoms. The first-order chi connectivity index (χ1) is 8.99. The predicted molar refractivity (Wildman–Crippen MR) is 78.1 cm³/mol. The van der Waals surface area contributed by atoms with Crippen LogP contribution in [0.2, 0.25) is 0 Å². The summed E-state index contributed by atoms with van der Waals surface area (Å²) in [4.78, 5) is 11.8. The molecule has 2 N–H and O–H groups in total. The lowest BCUT2D eigenvalue weighted by atomic mass is 10.2. The van der Waals surface area contributed by atoms with Gasteiger partial charge in [-0.1, -0.05) is 35.8 Å². The van der Waals surface area contributed by atoms with Gasteiger partial charge in [-0.25, -0.2) is 0 Å². The molecule has 1 rings (SSSR count). The van der Waals surface area contributed by atoms with E-state index in [0.29, 0.717) is 18.1 Å². The molecule has 19 heavy (non-hydrogen) atoms. The van der Waals surface area contributed by atoms with Gasteiger partial charge in [0.25, 0.3) is 5.91 Å². The Hall–Kier alpha value is -0.910. The number of hydrogen-bond acceptors (Lipinski definition) is 3. The van der Waals surface area contributed by atoms with Gasteiger partial charge in [0, 0.05) is 23.2 Å². The van der Waals surface area contributed by atoms with Gasteiger partial charge in [-0.3, -0.25) is 4.79 Å². The number of carbonyl (C=O) groups excluding carboxylic acids is 1. The van der Waals surface area contributed by atoms with Crippen LogP contribution in [-0.4, -0.2) is 36.9 Å². The van der Waals surface area contributed by atoms with E-state index in [9.17, 15) is 9.90 Å². The van der Waals surface area contributed by atoms with E-state index in [-0.39, 0.29) is 19.1 Å². The van der Waals surface area contributed by atoms with Crippen molar-refractivity contribution in [2.24, 2.45) is 5.92 Å². The fourth-order valence-electron chi connectivity index (χ4n) is 1.44. The van der Waals surface area contributed by atoms with Crippen molar-refractivity contribution in [1.82, 2.24) is 5.32 Å². The molecule has 0 saturated carbocycles. The van der Waals surface area contributed by atoms with Gasteiger partial charge in [-0.15, -0.1) is 0 Å². The average molecular weight is 330 g/mol. The monoisotopic (exact) mass is 329 g/mol. The third kappa shape index (κ3) is 6.71. The minimum atomic E-state index is -0.685. The Kier molecular flexibility index (Phi) is 7.05. The Labute approximate surface area is 122 Å². The lowest BCUT2D eigenvalue weighted by molar-refractivity contribution is 0.0259. The van der Waals surface area contributed by atoms with Crippen LogP contribution in [0.1, 0.15) is 24.2 Å². The van der Waals surface area contributed by atoms with Crippen molar-refractivity contribution in [2.75, 3.05) is 19.8 Å². The molecule has 1 amide bonds. The molecular formula is C14H20BrNO3. The van der Waals surface area contributed by atoms with Crippen LogP contribution in [0.25, 0.3) is 0 Å². The first kappa shape index (κ1) is 16.1. The third-order valence-corrected chi connectivity index (χ3v) is 2.84. The van der Waals surface area contributed by atoms with Crippen molar-refractivity contribution in [3.8, 4) is 0 Å². The highest BCUT2D eigenvalue weighted by Crippen LogP contribution is 2.11. The quantitative estimate of drug-likeness (QED) is 0.806. The van der Waals surface area contributed by atoms with Crippen molar-refractivity contribution in [2.45, 2.75) is 20.0 Å². The molecule has 1 atom stereocenters. The number of rotatable bonds is 7. The SMILES string of the molecule is CC(C)COCC(O)CNC(=O)c1cccc(Br)c1. The molecule has 0 heterocycles. The first-order valence-corrected chi connectivity index (χ1v) is 7.08. The Balaban J connectivity index is 2.30. The summed E-state index contributed by atoms with van der Waals surface area (Å²) in [6.45, 7) is 5.11. The Morgan fingerprint density at radius 3 is 2.79 bits per heavy atom. The van der Waals surface area contributed by atoms with Gasteiger partial charge in [-0.2, -0.15) is 0 Å². The van der Waals surface area contributed by atoms with Crippen molar-refractivity contribution >= 4 is 21.8 Å². The molecule has 0 aliphatic rings. The smallest absolute Gasteiger partial charge is 0.251 e. The maximum atomic E-state index is 11.8. The van der Waals surface area contributed by atoms with E-state index in [1.165, 1.54) is 0 Å². The minimum Gasteiger partial charge on any atom is -0.389 e. The maximum Gasteiger partial charge on any atom is 0.251 e. The Bertz CT molecular complexity index is 409. The number of carbonyl (C=O) groups is 1. The minimum absolute atomic E-state index is 0.184. The molecule has 0 aromatic heterocycles. The van der Waals surface area contributed by atoms with Crippen LogP contribution in [0, 0.1) is 5.92 Å². The van der Waals surface area contributed by atoms with E-state index >= 15 is 0 Å². The molecule has 1 aromatic carbocycles. The molecule has 0 fully saturated rings. The highest BCUT2D eigenvalue weighted by atomic mass is 79.9. The van der Waals surface area contributed by atoms with Crippen LogP contribution >= 0.6 is 15.9 Å². The normalized spacial score (nSPS) is 12.5. The fourth-order valence-corrected chi connectivity index (χ4v) is 1.84. The molecule has 4 nitrogen and oxygen atoms in total. The molecule has 0 spiro atoms. The van der Waals surface area contributed by atoms with Gasteiger partial charge in [0.15, 0.2) is 0 Å². The lowest BCUT2D eigenvalue weighted by Gasteiger charge is -2.13. The van der Waals surface area contributed by atoms with Crippen LogP contribution in [0.3, 0.4) is 0 Å². The summed E-state index contributed by atoms with van der Waals surface area (Å²) in [5, 5.41) is 12.3. The maximum absolute atomic E-state index is 11.8. The second-order valence-corrected chi connectivity index (χ2v) is 5.72. The molecule has 0 saturated heterocycles. The van der Waals surface area contributed by atoms with Crippen molar-refractivity contribution in [3.05, 3.63) is 34.3 Å². The standard InChI is InChI=1S/C14H20BrNO3/c1-10(2)8-19-9-13(17)7-16-14(18)11-4-3-5-12(15)6-11/h3-6,10,13,17H,7-9H2,1-2H3,(H,16,18). The number of benzene rings is 1. The van der Waals surface area contributed by atoms with Crippen LogP contribution in [0.4, 0.5) is 0 Å². The number of nitrogens with one attached hydrogen (secondary N) is 1. The number of aliphatic hydroxyl groups is 1. The summed E-state index contributed by atoms with van der Waals surface area (Å²) in [5.74, 6) is 0.229. The highest BCUT2D eigenvalue weighted by Gasteiger charge is 2.09. The third-order valence-electron chi connectivity index (χ3n) is 2.35. The van der Waals surface area contributed by atoms with Gasteiger partial charge in [0.1, 0.15) is 0 Å². The molecule has 0 bridgehead atoms. The number of hydrogen-bond donors (Lipinski definition) is 2. The van der Waals surface area contributed by atoms with Crippen LogP contribution in [-0.2, 0) is 4.74 Å². The van der Waals surface area contributed by atoms with E-state index in [2.05, 4.69) is 21.2 Å². The van der Waals surface area contributed by atoms with Gasteiger partial charge in [-0.05, 0) is 24.1 Å². The summed E-state index contributed by atoms with van der Waals surface area (Å²) >= 11 is 3.31. The largest absolute Gasteiger partial charge is 0.389 e. The van der Waals surface area contributed by atoms with Gasteiger partial charge >= 0.3 is 0 Å². The lowest BCUT2D eigenvalue weighted by Crippen LogP contribution is -2.34. The van der Waals surface area contributed by atoms with Crippen LogP contribution in [0.15, 0.2) is 28.7 Å². The molecule has 0 aliphatic heterocycles. The summed E-state index contributed by atoms with van der Waals surface area (Å²) in [6.07, 6.45) is -0.685. The van der Waals surface area contributed by atoms with Crippen molar-refractivity contribution in [3.63, 3.8) is 0 Å². The Morgan fingerprint density at radius 1 is 1.42 bits per heavy atom. The molecule has 106 valence electrons. The van der Waals surface area contributed by atoms with Crippen LogP contribution < -0.4 is 5.32 Å². The van der Waals surface area contributed by atoms with Gasteiger partial charge in [0.2, 0.25) is 0 Å². The van der Waals surface area contributed by atoms with E-state index in [4.69, 9.17) is 4.74 Å². The number of ether oxygens (including phenoxy) is 1. The van der Waals surface area contributed by atoms with Crippen molar-refractivity contribution in [1.29, 1.82) is 0 Å². The highest BCUT2D eigenvalue weighted by molar-refractivity contribution is 9.10. The number of amides is 1. The number of halogens is 1. The molecule has 1 unspecified atom stereocenters. The summed E-state index contributed by atoms with van der Waals surface area (Å²) < 4.78 is 6.15. The molecular weight excluding hydrogens is 310 g/mol. The van der Waals surface area contributed by atoms with Crippen molar-refractivity contribution < 1.29 is 14.6 Å². The summed E-state index contributed by atoms with van der Waals surface area (Å²) in [6, 6.07) is 7.10. The second kappa shape index (κ2) is 8.30. The number of aliphatic hydroxyl groups excluding tert-OH is 1. The van der Waals surface area contributed by atoms with E-state index < -0.39 is 6.10 Å². The zero-order valence-corrected chi connectivity index (χ0v) is 12.8. The summed E-state index contributed by atoms with van der Waals surface area (Å²) in [5.41, 5.74) is 0.560. The zero-order chi connectivity index (χ0) is 14.3. The van der Waals surface area contributed by atoms with E-state index in [0.717, 1.165) is 4.47 Å². The molecule has 1 aromatic rings. The molecule has 0 aliphatic carbocycles. The van der Waals surface area contributed by atoms with Crippen LogP contribution in [0.5, 0.6) is 0 Å². The first-order valence-electron chi connectivity index (χ1n) is 6.28.